The molecule has 1 aromatic carbocycles. The Kier molecular flexibility index (Phi) is 10.3. The summed E-state index contributed by atoms with van der Waals surface area (Å²) in [5.74, 6) is -1.76. The fraction of sp³-hybridized carbons (Fsp3) is 0.481. The van der Waals surface area contributed by atoms with Crippen molar-refractivity contribution in [2.45, 2.75) is 33.2 Å². The van der Waals surface area contributed by atoms with E-state index in [0.29, 0.717) is 34.3 Å². The number of allylic oxidation sites excluding steroid dienone is 1. The quantitative estimate of drug-likeness (QED) is 0.410. The SMILES string of the molecule is C/C(=C\S(=O)(=O)NC1C(=O)N(c2ccc(C(=O)N(C)CCN(C)C)cc2F)CC1CC(C)C)c1ccc(Cl)s1. The van der Waals surface area contributed by atoms with E-state index in [0.717, 1.165) is 11.5 Å². The number of sulfonamides is 1. The topological polar surface area (TPSA) is 90.0 Å². The molecule has 2 amide bonds. The smallest absolute Gasteiger partial charge is 0.253 e. The summed E-state index contributed by atoms with van der Waals surface area (Å²) in [7, 11) is 1.45. The predicted octanol–water partition coefficient (Wildman–Crippen LogP) is 4.53. The molecular weight excluding hydrogens is 563 g/mol. The van der Waals surface area contributed by atoms with Crippen molar-refractivity contribution in [1.29, 1.82) is 0 Å². The van der Waals surface area contributed by atoms with E-state index >= 15 is 4.39 Å². The monoisotopic (exact) mass is 598 g/mol. The van der Waals surface area contributed by atoms with Gasteiger partial charge in [-0.05, 0) is 69.3 Å². The Bertz CT molecular complexity index is 1340. The van der Waals surface area contributed by atoms with Gasteiger partial charge in [-0.1, -0.05) is 25.4 Å². The van der Waals surface area contributed by atoms with Crippen LogP contribution in [0.5, 0.6) is 0 Å². The lowest BCUT2D eigenvalue weighted by Gasteiger charge is -2.21. The van der Waals surface area contributed by atoms with Crippen LogP contribution in [0.25, 0.3) is 5.57 Å². The first-order chi connectivity index (χ1) is 18.2. The van der Waals surface area contributed by atoms with Gasteiger partial charge < -0.3 is 14.7 Å². The van der Waals surface area contributed by atoms with Gasteiger partial charge in [0.2, 0.25) is 15.9 Å². The van der Waals surface area contributed by atoms with Crippen molar-refractivity contribution >= 4 is 56.0 Å². The van der Waals surface area contributed by atoms with Crippen LogP contribution < -0.4 is 9.62 Å². The summed E-state index contributed by atoms with van der Waals surface area (Å²) in [5, 5.41) is 1.09. The number of rotatable bonds is 11. The van der Waals surface area contributed by atoms with Gasteiger partial charge in [-0.25, -0.2) is 12.8 Å². The van der Waals surface area contributed by atoms with Crippen LogP contribution in [0.4, 0.5) is 10.1 Å². The molecule has 0 radical (unpaired) electrons. The lowest BCUT2D eigenvalue weighted by Crippen LogP contribution is -2.43. The van der Waals surface area contributed by atoms with Crippen LogP contribution in [0.15, 0.2) is 35.7 Å². The highest BCUT2D eigenvalue weighted by molar-refractivity contribution is 7.92. The van der Waals surface area contributed by atoms with Crippen LogP contribution in [-0.4, -0.2) is 76.9 Å². The van der Waals surface area contributed by atoms with Gasteiger partial charge >= 0.3 is 0 Å². The summed E-state index contributed by atoms with van der Waals surface area (Å²) in [6.45, 7) is 6.92. The molecule has 2 atom stereocenters. The predicted molar refractivity (Wildman–Crippen MR) is 156 cm³/mol. The zero-order valence-corrected chi connectivity index (χ0v) is 25.5. The molecule has 1 N–H and O–H groups in total. The van der Waals surface area contributed by atoms with Gasteiger partial charge in [0.25, 0.3) is 5.91 Å². The maximum absolute atomic E-state index is 15.3. The summed E-state index contributed by atoms with van der Waals surface area (Å²) < 4.78 is 44.5. The van der Waals surface area contributed by atoms with Crippen molar-refractivity contribution in [1.82, 2.24) is 14.5 Å². The largest absolute Gasteiger partial charge is 0.340 e. The van der Waals surface area contributed by atoms with Gasteiger partial charge in [0.05, 0.1) is 15.4 Å². The number of thiophene rings is 1. The molecule has 8 nitrogen and oxygen atoms in total. The Hall–Kier alpha value is -2.31. The number of carbonyl (C=O) groups is 2. The summed E-state index contributed by atoms with van der Waals surface area (Å²) in [4.78, 5) is 31.7. The van der Waals surface area contributed by atoms with Gasteiger partial charge in [0.1, 0.15) is 11.9 Å². The standard InChI is InChI=1S/C27H36ClFN4O4S2/c1-17(2)13-20-15-33(22-8-7-19(14-21(22)29)26(34)32(6)12-11-31(4)5)27(35)25(20)30-39(36,37)16-18(3)23-9-10-24(28)38-23/h7-10,14,16-17,20,25,30H,11-13,15H2,1-6H3/b18-16+. The van der Waals surface area contributed by atoms with Crippen LogP contribution >= 0.6 is 22.9 Å². The lowest BCUT2D eigenvalue weighted by atomic mass is 9.93. The number of halogens is 2. The van der Waals surface area contributed by atoms with Gasteiger partial charge in [-0.15, -0.1) is 11.3 Å². The van der Waals surface area contributed by atoms with E-state index in [-0.39, 0.29) is 35.5 Å². The Morgan fingerprint density at radius 1 is 1.23 bits per heavy atom. The molecule has 0 aliphatic carbocycles. The van der Waals surface area contributed by atoms with Crippen LogP contribution in [-0.2, 0) is 14.8 Å². The second-order valence-corrected chi connectivity index (χ2v) is 13.9. The van der Waals surface area contributed by atoms with Gasteiger partial charge in [0.15, 0.2) is 0 Å². The highest BCUT2D eigenvalue weighted by atomic mass is 35.5. The van der Waals surface area contributed by atoms with Crippen molar-refractivity contribution in [2.75, 3.05) is 45.7 Å². The van der Waals surface area contributed by atoms with E-state index in [1.54, 1.807) is 26.1 Å². The minimum absolute atomic E-state index is 0.0166. The van der Waals surface area contributed by atoms with Crippen molar-refractivity contribution in [3.63, 3.8) is 0 Å². The van der Waals surface area contributed by atoms with Crippen LogP contribution in [0.1, 0.15) is 42.4 Å². The molecule has 1 aliphatic rings. The van der Waals surface area contributed by atoms with Gasteiger partial charge in [-0.3, -0.25) is 9.59 Å². The molecule has 1 aliphatic heterocycles. The second-order valence-electron chi connectivity index (χ2n) is 10.6. The summed E-state index contributed by atoms with van der Waals surface area (Å²) >= 11 is 7.23. The molecule has 0 bridgehead atoms. The van der Waals surface area contributed by atoms with Crippen molar-refractivity contribution in [3.8, 4) is 0 Å². The van der Waals surface area contributed by atoms with E-state index in [1.165, 1.54) is 33.3 Å². The number of anilines is 1. The first-order valence-electron chi connectivity index (χ1n) is 12.7. The summed E-state index contributed by atoms with van der Waals surface area (Å²) in [5.41, 5.74) is 0.682. The highest BCUT2D eigenvalue weighted by Crippen LogP contribution is 2.33. The van der Waals surface area contributed by atoms with Gasteiger partial charge in [-0.2, -0.15) is 4.72 Å². The number of carbonyl (C=O) groups excluding carboxylic acids is 2. The normalized spacial score (nSPS) is 18.5. The molecule has 0 saturated carbocycles. The number of hydrogen-bond acceptors (Lipinski definition) is 6. The average Bonchev–Trinajstić information content (AvgIpc) is 3.40. The number of amides is 2. The molecule has 0 spiro atoms. The first-order valence-corrected chi connectivity index (χ1v) is 15.4. The second kappa shape index (κ2) is 12.9. The molecule has 1 saturated heterocycles. The van der Waals surface area contributed by atoms with Crippen LogP contribution in [0.2, 0.25) is 4.34 Å². The lowest BCUT2D eigenvalue weighted by molar-refractivity contribution is -0.118. The number of benzene rings is 1. The zero-order chi connectivity index (χ0) is 29.1. The molecular formula is C27H36ClFN4O4S2. The van der Waals surface area contributed by atoms with Crippen molar-refractivity contribution in [2.24, 2.45) is 11.8 Å². The molecule has 2 unspecified atom stereocenters. The number of hydrogen-bond donors (Lipinski definition) is 1. The van der Waals surface area contributed by atoms with Crippen LogP contribution in [0, 0.1) is 17.7 Å². The number of nitrogens with one attached hydrogen (secondary N) is 1. The maximum Gasteiger partial charge on any atom is 0.253 e. The maximum atomic E-state index is 15.3. The van der Waals surface area contributed by atoms with Gasteiger partial charge in [0, 0.05) is 43.0 Å². The Labute approximate surface area is 239 Å². The summed E-state index contributed by atoms with van der Waals surface area (Å²) in [6.07, 6.45) is 0.563. The average molecular weight is 599 g/mol. The minimum Gasteiger partial charge on any atom is -0.340 e. The third-order valence-electron chi connectivity index (χ3n) is 6.49. The fourth-order valence-corrected chi connectivity index (χ4v) is 6.93. The number of likely N-dealkylation sites (N-methyl/N-ethyl adjacent to an activating group) is 2. The minimum atomic E-state index is -4.00. The van der Waals surface area contributed by atoms with Crippen LogP contribution in [0.3, 0.4) is 0 Å². The first kappa shape index (κ1) is 31.2. The van der Waals surface area contributed by atoms with Crippen molar-refractivity contribution < 1.29 is 22.4 Å². The highest BCUT2D eigenvalue weighted by Gasteiger charge is 2.43. The molecule has 39 heavy (non-hydrogen) atoms. The molecule has 1 fully saturated rings. The third kappa shape index (κ3) is 8.11. The fourth-order valence-electron chi connectivity index (χ4n) is 4.54. The molecule has 2 aromatic rings. The molecule has 214 valence electrons. The van der Waals surface area contributed by atoms with E-state index < -0.39 is 27.8 Å². The Morgan fingerprint density at radius 2 is 1.92 bits per heavy atom. The molecule has 3 rings (SSSR count). The summed E-state index contributed by atoms with van der Waals surface area (Å²) in [6, 6.07) is 6.40. The number of nitrogens with zero attached hydrogens (tertiary/aromatic N) is 3. The molecule has 12 heteroatoms. The third-order valence-corrected chi connectivity index (χ3v) is 9.11. The van der Waals surface area contributed by atoms with E-state index in [1.807, 2.05) is 32.8 Å². The molecule has 2 heterocycles. The Balaban J connectivity index is 1.83. The van der Waals surface area contributed by atoms with E-state index in [9.17, 15) is 18.0 Å². The Morgan fingerprint density at radius 3 is 2.49 bits per heavy atom. The van der Waals surface area contributed by atoms with E-state index in [4.69, 9.17) is 11.6 Å². The zero-order valence-electron chi connectivity index (χ0n) is 23.1. The molecule has 1 aromatic heterocycles. The van der Waals surface area contributed by atoms with E-state index in [2.05, 4.69) is 4.72 Å². The van der Waals surface area contributed by atoms with Crippen molar-refractivity contribution in [3.05, 3.63) is 56.3 Å².